The first kappa shape index (κ1) is 9.75. The van der Waals surface area contributed by atoms with E-state index in [1.807, 2.05) is 0 Å². The van der Waals surface area contributed by atoms with Crippen LogP contribution in [0.1, 0.15) is 40.0 Å². The number of rotatable bonds is 0. The summed E-state index contributed by atoms with van der Waals surface area (Å²) in [7, 11) is 0. The molecule has 78 valence electrons. The summed E-state index contributed by atoms with van der Waals surface area (Å²) < 4.78 is 5.62. The van der Waals surface area contributed by atoms with Crippen molar-refractivity contribution >= 4 is 5.78 Å². The summed E-state index contributed by atoms with van der Waals surface area (Å²) in [5.41, 5.74) is 1.07. The zero-order valence-corrected chi connectivity index (χ0v) is 9.22. The van der Waals surface area contributed by atoms with Crippen molar-refractivity contribution in [1.29, 1.82) is 0 Å². The first-order valence-corrected chi connectivity index (χ1v) is 5.39. The molecule has 14 heavy (non-hydrogen) atoms. The molecule has 0 saturated carbocycles. The second kappa shape index (κ2) is 3.11. The Kier molecular flexibility index (Phi) is 2.17. The molecular weight excluding hydrogens is 176 g/mol. The Morgan fingerprint density at radius 3 is 2.79 bits per heavy atom. The minimum absolute atomic E-state index is 0.0903. The van der Waals surface area contributed by atoms with E-state index in [4.69, 9.17) is 4.74 Å². The van der Waals surface area contributed by atoms with Crippen LogP contribution in [-0.4, -0.2) is 12.4 Å². The summed E-state index contributed by atoms with van der Waals surface area (Å²) in [6.45, 7) is 7.19. The summed E-state index contributed by atoms with van der Waals surface area (Å²) in [6.07, 6.45) is 2.60. The minimum atomic E-state index is 0.0903. The van der Waals surface area contributed by atoms with Gasteiger partial charge in [0, 0.05) is 18.4 Å². The normalized spacial score (nSPS) is 31.1. The second-order valence-electron chi connectivity index (χ2n) is 5.32. The molecule has 1 unspecified atom stereocenters. The van der Waals surface area contributed by atoms with E-state index in [-0.39, 0.29) is 5.41 Å². The van der Waals surface area contributed by atoms with E-state index in [0.29, 0.717) is 18.1 Å². The van der Waals surface area contributed by atoms with Crippen molar-refractivity contribution in [3.05, 3.63) is 11.3 Å². The number of carbonyl (C=O) groups excluding carboxylic acids is 1. The molecule has 0 bridgehead atoms. The first-order valence-electron chi connectivity index (χ1n) is 5.39. The molecule has 0 spiro atoms. The minimum Gasteiger partial charge on any atom is -0.497 e. The van der Waals surface area contributed by atoms with Gasteiger partial charge in [-0.1, -0.05) is 20.8 Å². The van der Waals surface area contributed by atoms with Gasteiger partial charge in [-0.3, -0.25) is 4.79 Å². The van der Waals surface area contributed by atoms with Crippen LogP contribution in [0.2, 0.25) is 0 Å². The average molecular weight is 194 g/mol. The maximum absolute atomic E-state index is 11.9. The highest BCUT2D eigenvalue weighted by Crippen LogP contribution is 2.41. The van der Waals surface area contributed by atoms with Gasteiger partial charge in [-0.15, -0.1) is 0 Å². The van der Waals surface area contributed by atoms with Gasteiger partial charge in [0.25, 0.3) is 0 Å². The van der Waals surface area contributed by atoms with Gasteiger partial charge in [0.05, 0.1) is 6.61 Å². The fourth-order valence-electron chi connectivity index (χ4n) is 2.46. The van der Waals surface area contributed by atoms with Crippen molar-refractivity contribution in [2.45, 2.75) is 40.0 Å². The van der Waals surface area contributed by atoms with Gasteiger partial charge in [-0.05, 0) is 17.8 Å². The lowest BCUT2D eigenvalue weighted by Gasteiger charge is -2.36. The standard InChI is InChI=1S/C12H18O2/c1-8-4-5-14-10-7-12(2,3)6-9(13)11(8)10/h8H,4-7H2,1-3H3. The number of carbonyl (C=O) groups is 1. The van der Waals surface area contributed by atoms with Crippen LogP contribution in [0, 0.1) is 11.3 Å². The van der Waals surface area contributed by atoms with Crippen molar-refractivity contribution in [1.82, 2.24) is 0 Å². The second-order valence-corrected chi connectivity index (χ2v) is 5.32. The number of ketones is 1. The molecule has 2 nitrogen and oxygen atoms in total. The van der Waals surface area contributed by atoms with E-state index in [9.17, 15) is 4.79 Å². The molecule has 0 amide bonds. The lowest BCUT2D eigenvalue weighted by atomic mass is 9.73. The quantitative estimate of drug-likeness (QED) is 0.592. The molecule has 1 aliphatic heterocycles. The van der Waals surface area contributed by atoms with Gasteiger partial charge in [-0.2, -0.15) is 0 Å². The Morgan fingerprint density at radius 1 is 1.36 bits per heavy atom. The number of ether oxygens (including phenoxy) is 1. The third-order valence-corrected chi connectivity index (χ3v) is 3.20. The zero-order chi connectivity index (χ0) is 10.3. The summed E-state index contributed by atoms with van der Waals surface area (Å²) in [4.78, 5) is 11.9. The fourth-order valence-corrected chi connectivity index (χ4v) is 2.46. The van der Waals surface area contributed by atoms with E-state index in [1.54, 1.807) is 0 Å². The Labute approximate surface area is 85.3 Å². The van der Waals surface area contributed by atoms with Crippen LogP contribution in [0.15, 0.2) is 11.3 Å². The van der Waals surface area contributed by atoms with Crippen LogP contribution in [0.3, 0.4) is 0 Å². The Morgan fingerprint density at radius 2 is 2.07 bits per heavy atom. The summed E-state index contributed by atoms with van der Waals surface area (Å²) in [5.74, 6) is 1.69. The van der Waals surface area contributed by atoms with Crippen LogP contribution < -0.4 is 0 Å². The van der Waals surface area contributed by atoms with E-state index >= 15 is 0 Å². The maximum Gasteiger partial charge on any atom is 0.163 e. The molecule has 1 aliphatic carbocycles. The van der Waals surface area contributed by atoms with Crippen molar-refractivity contribution in [3.8, 4) is 0 Å². The largest absolute Gasteiger partial charge is 0.497 e. The third kappa shape index (κ3) is 1.58. The van der Waals surface area contributed by atoms with Crippen LogP contribution in [-0.2, 0) is 9.53 Å². The molecule has 0 saturated heterocycles. The molecule has 1 heterocycles. The van der Waals surface area contributed by atoms with Crippen molar-refractivity contribution in [2.24, 2.45) is 11.3 Å². The molecule has 0 fully saturated rings. The van der Waals surface area contributed by atoms with Gasteiger partial charge in [0.2, 0.25) is 0 Å². The molecule has 0 aromatic carbocycles. The van der Waals surface area contributed by atoms with E-state index < -0.39 is 0 Å². The van der Waals surface area contributed by atoms with E-state index in [1.165, 1.54) is 0 Å². The number of Topliss-reactive ketones (excluding diaryl/α,β-unsaturated/α-hetero) is 1. The highest BCUT2D eigenvalue weighted by atomic mass is 16.5. The zero-order valence-electron chi connectivity index (χ0n) is 9.22. The van der Waals surface area contributed by atoms with Crippen LogP contribution >= 0.6 is 0 Å². The molecule has 0 N–H and O–H groups in total. The molecule has 2 heteroatoms. The molecular formula is C12H18O2. The van der Waals surface area contributed by atoms with Crippen LogP contribution in [0.5, 0.6) is 0 Å². The van der Waals surface area contributed by atoms with Crippen molar-refractivity contribution in [3.63, 3.8) is 0 Å². The highest BCUT2D eigenvalue weighted by molar-refractivity contribution is 5.97. The number of allylic oxidation sites excluding steroid dienone is 2. The Hall–Kier alpha value is -0.790. The maximum atomic E-state index is 11.9. The topological polar surface area (TPSA) is 26.3 Å². The van der Waals surface area contributed by atoms with E-state index in [2.05, 4.69) is 20.8 Å². The highest BCUT2D eigenvalue weighted by Gasteiger charge is 2.37. The van der Waals surface area contributed by atoms with E-state index in [0.717, 1.165) is 30.8 Å². The fraction of sp³-hybridized carbons (Fsp3) is 0.750. The number of hydrogen-bond donors (Lipinski definition) is 0. The smallest absolute Gasteiger partial charge is 0.163 e. The Bertz CT molecular complexity index is 299. The van der Waals surface area contributed by atoms with Crippen molar-refractivity contribution in [2.75, 3.05) is 6.61 Å². The van der Waals surface area contributed by atoms with Gasteiger partial charge in [0.1, 0.15) is 5.76 Å². The lowest BCUT2D eigenvalue weighted by molar-refractivity contribution is -0.119. The molecule has 2 aliphatic rings. The van der Waals surface area contributed by atoms with Gasteiger partial charge >= 0.3 is 0 Å². The SMILES string of the molecule is CC1CCOC2=C1C(=O)CC(C)(C)C2. The molecule has 0 aromatic heterocycles. The van der Waals surface area contributed by atoms with Gasteiger partial charge < -0.3 is 4.74 Å². The number of hydrogen-bond acceptors (Lipinski definition) is 2. The lowest BCUT2D eigenvalue weighted by Crippen LogP contribution is -2.32. The molecule has 1 atom stereocenters. The van der Waals surface area contributed by atoms with Gasteiger partial charge in [0.15, 0.2) is 5.78 Å². The van der Waals surface area contributed by atoms with Crippen LogP contribution in [0.4, 0.5) is 0 Å². The molecule has 0 aromatic rings. The van der Waals surface area contributed by atoms with Crippen LogP contribution in [0.25, 0.3) is 0 Å². The predicted molar refractivity (Wildman–Crippen MR) is 54.8 cm³/mol. The monoisotopic (exact) mass is 194 g/mol. The first-order chi connectivity index (χ1) is 6.49. The summed E-state index contributed by atoms with van der Waals surface area (Å²) in [6, 6.07) is 0. The van der Waals surface area contributed by atoms with Crippen molar-refractivity contribution < 1.29 is 9.53 Å². The average Bonchev–Trinajstić information content (AvgIpc) is 2.00. The summed E-state index contributed by atoms with van der Waals surface area (Å²) >= 11 is 0. The Balaban J connectivity index is 2.36. The molecule has 2 rings (SSSR count). The van der Waals surface area contributed by atoms with Gasteiger partial charge in [-0.25, -0.2) is 0 Å². The predicted octanol–water partition coefficient (Wildman–Crippen LogP) is 2.69. The third-order valence-electron chi connectivity index (χ3n) is 3.20. The molecule has 0 radical (unpaired) electrons. The summed E-state index contributed by atoms with van der Waals surface area (Å²) in [5, 5.41) is 0.